The van der Waals surface area contributed by atoms with Gasteiger partial charge >= 0.3 is 6.01 Å². The van der Waals surface area contributed by atoms with Crippen LogP contribution in [0.15, 0.2) is 24.3 Å². The fourth-order valence-electron chi connectivity index (χ4n) is 1.55. The molecule has 0 saturated carbocycles. The van der Waals surface area contributed by atoms with Crippen LogP contribution in [0.2, 0.25) is 0 Å². The van der Waals surface area contributed by atoms with Gasteiger partial charge in [-0.05, 0) is 38.1 Å². The second-order valence-corrected chi connectivity index (χ2v) is 3.90. The molecule has 2 N–H and O–H groups in total. The zero-order chi connectivity index (χ0) is 13.1. The third-order valence-corrected chi connectivity index (χ3v) is 2.30. The predicted molar refractivity (Wildman–Crippen MR) is 67.1 cm³/mol. The smallest absolute Gasteiger partial charge is 0.322 e. The summed E-state index contributed by atoms with van der Waals surface area (Å²) in [6.45, 7) is 3.73. The van der Waals surface area contributed by atoms with E-state index in [2.05, 4.69) is 9.97 Å². The van der Waals surface area contributed by atoms with Crippen LogP contribution in [0.1, 0.15) is 17.0 Å². The fraction of sp³-hybridized carbons (Fsp3) is 0.154. The first-order chi connectivity index (χ1) is 8.58. The van der Waals surface area contributed by atoms with Crippen LogP contribution in [-0.2, 0) is 0 Å². The van der Waals surface area contributed by atoms with E-state index in [1.54, 1.807) is 18.2 Å². The van der Waals surface area contributed by atoms with Gasteiger partial charge in [-0.2, -0.15) is 5.26 Å². The monoisotopic (exact) mass is 240 g/mol. The molecule has 18 heavy (non-hydrogen) atoms. The number of benzene rings is 1. The molecule has 0 amide bonds. The molecule has 1 heterocycles. The van der Waals surface area contributed by atoms with E-state index in [0.29, 0.717) is 17.0 Å². The maximum atomic E-state index is 8.74. The third-order valence-electron chi connectivity index (χ3n) is 2.30. The lowest BCUT2D eigenvalue weighted by molar-refractivity contribution is 0.441. The summed E-state index contributed by atoms with van der Waals surface area (Å²) >= 11 is 0. The van der Waals surface area contributed by atoms with Gasteiger partial charge in [-0.3, -0.25) is 0 Å². The number of aromatic nitrogens is 2. The van der Waals surface area contributed by atoms with Gasteiger partial charge in [0.1, 0.15) is 0 Å². The number of nitrogens with zero attached hydrogens (tertiary/aromatic N) is 3. The quantitative estimate of drug-likeness (QED) is 0.814. The summed E-state index contributed by atoms with van der Waals surface area (Å²) < 4.78 is 5.51. The van der Waals surface area contributed by atoms with Crippen molar-refractivity contribution in [2.75, 3.05) is 5.73 Å². The van der Waals surface area contributed by atoms with Crippen LogP contribution in [-0.4, -0.2) is 9.97 Å². The van der Waals surface area contributed by atoms with E-state index in [4.69, 9.17) is 15.7 Å². The minimum Gasteiger partial charge on any atom is -0.422 e. The average molecular weight is 240 g/mol. The number of rotatable bonds is 2. The van der Waals surface area contributed by atoms with E-state index in [1.807, 2.05) is 26.0 Å². The van der Waals surface area contributed by atoms with Crippen LogP contribution in [0.5, 0.6) is 11.8 Å². The van der Waals surface area contributed by atoms with Crippen molar-refractivity contribution in [3.05, 3.63) is 41.2 Å². The predicted octanol–water partition coefficient (Wildman–Crippen LogP) is 2.34. The molecule has 2 aromatic rings. The summed E-state index contributed by atoms with van der Waals surface area (Å²) in [4.78, 5) is 8.32. The molecule has 0 bridgehead atoms. The first-order valence-corrected chi connectivity index (χ1v) is 5.38. The SMILES string of the molecule is Cc1cc(C)nc(Oc2ccc(C#N)cc2N)n1. The second-order valence-electron chi connectivity index (χ2n) is 3.90. The molecule has 0 saturated heterocycles. The highest BCUT2D eigenvalue weighted by molar-refractivity contribution is 5.57. The molecule has 0 radical (unpaired) electrons. The normalized spacial score (nSPS) is 9.83. The van der Waals surface area contributed by atoms with Crippen molar-refractivity contribution in [3.8, 4) is 17.8 Å². The molecular weight excluding hydrogens is 228 g/mol. The molecule has 0 spiro atoms. The minimum absolute atomic E-state index is 0.254. The number of ether oxygens (including phenoxy) is 1. The topological polar surface area (TPSA) is 84.8 Å². The summed E-state index contributed by atoms with van der Waals surface area (Å²) in [7, 11) is 0. The zero-order valence-electron chi connectivity index (χ0n) is 10.1. The van der Waals surface area contributed by atoms with Crippen molar-refractivity contribution in [2.45, 2.75) is 13.8 Å². The summed E-state index contributed by atoms with van der Waals surface area (Å²) in [5.74, 6) is 0.444. The van der Waals surface area contributed by atoms with Gasteiger partial charge in [0.15, 0.2) is 5.75 Å². The van der Waals surface area contributed by atoms with E-state index < -0.39 is 0 Å². The van der Waals surface area contributed by atoms with Crippen LogP contribution < -0.4 is 10.5 Å². The number of aryl methyl sites for hydroxylation is 2. The highest BCUT2D eigenvalue weighted by Crippen LogP contribution is 2.26. The summed E-state index contributed by atoms with van der Waals surface area (Å²) in [5.41, 5.74) is 8.31. The van der Waals surface area contributed by atoms with Gasteiger partial charge < -0.3 is 10.5 Å². The summed E-state index contributed by atoms with van der Waals surface area (Å²) in [6.07, 6.45) is 0. The average Bonchev–Trinajstić information content (AvgIpc) is 2.30. The Balaban J connectivity index is 2.31. The number of hydrogen-bond acceptors (Lipinski definition) is 5. The Labute approximate surface area is 105 Å². The molecule has 5 heteroatoms. The van der Waals surface area contributed by atoms with Gasteiger partial charge in [0.2, 0.25) is 0 Å². The molecule has 0 aliphatic rings. The Hall–Kier alpha value is -2.61. The van der Waals surface area contributed by atoms with Crippen LogP contribution in [0.4, 0.5) is 5.69 Å². The van der Waals surface area contributed by atoms with Gasteiger partial charge in [0.25, 0.3) is 0 Å². The van der Waals surface area contributed by atoms with Crippen molar-refractivity contribution < 1.29 is 4.74 Å². The Morgan fingerprint density at radius 3 is 2.39 bits per heavy atom. The van der Waals surface area contributed by atoms with Crippen molar-refractivity contribution in [2.24, 2.45) is 0 Å². The summed E-state index contributed by atoms with van der Waals surface area (Å²) in [6, 6.07) is 8.94. The highest BCUT2D eigenvalue weighted by Gasteiger charge is 2.06. The zero-order valence-corrected chi connectivity index (χ0v) is 10.1. The Bertz CT molecular complexity index is 611. The molecule has 2 rings (SSSR count). The molecule has 0 aliphatic heterocycles. The van der Waals surface area contributed by atoms with Crippen molar-refractivity contribution >= 4 is 5.69 Å². The number of nitrogen functional groups attached to an aromatic ring is 1. The van der Waals surface area contributed by atoms with Gasteiger partial charge in [-0.15, -0.1) is 0 Å². The molecule has 1 aromatic heterocycles. The summed E-state index contributed by atoms with van der Waals surface area (Å²) in [5, 5.41) is 8.74. The Morgan fingerprint density at radius 1 is 1.17 bits per heavy atom. The minimum atomic E-state index is 0.254. The van der Waals surface area contributed by atoms with Gasteiger partial charge in [-0.1, -0.05) is 0 Å². The van der Waals surface area contributed by atoms with Crippen molar-refractivity contribution in [1.82, 2.24) is 9.97 Å². The standard InChI is InChI=1S/C13H12N4O/c1-8-5-9(2)17-13(16-8)18-12-4-3-10(7-14)6-11(12)15/h3-6H,15H2,1-2H3. The maximum absolute atomic E-state index is 8.74. The molecule has 5 nitrogen and oxygen atoms in total. The van der Waals surface area contributed by atoms with E-state index in [0.717, 1.165) is 11.4 Å². The Morgan fingerprint density at radius 2 is 1.83 bits per heavy atom. The van der Waals surface area contributed by atoms with E-state index in [-0.39, 0.29) is 6.01 Å². The van der Waals surface area contributed by atoms with Crippen LogP contribution in [0.25, 0.3) is 0 Å². The number of anilines is 1. The number of nitriles is 1. The first-order valence-electron chi connectivity index (χ1n) is 5.38. The van der Waals surface area contributed by atoms with Crippen LogP contribution >= 0.6 is 0 Å². The molecule has 1 aromatic carbocycles. The largest absolute Gasteiger partial charge is 0.422 e. The van der Waals surface area contributed by atoms with Gasteiger partial charge in [0, 0.05) is 11.4 Å². The second kappa shape index (κ2) is 4.72. The lowest BCUT2D eigenvalue weighted by Crippen LogP contribution is -1.98. The number of nitrogens with two attached hydrogens (primary N) is 1. The van der Waals surface area contributed by atoms with Crippen molar-refractivity contribution in [3.63, 3.8) is 0 Å². The molecule has 90 valence electrons. The lowest BCUT2D eigenvalue weighted by atomic mass is 10.2. The van der Waals surface area contributed by atoms with Crippen molar-refractivity contribution in [1.29, 1.82) is 5.26 Å². The molecule has 0 unspecified atom stereocenters. The third kappa shape index (κ3) is 2.55. The molecular formula is C13H12N4O. The molecule has 0 aliphatic carbocycles. The van der Waals surface area contributed by atoms with Crippen LogP contribution in [0, 0.1) is 25.2 Å². The van der Waals surface area contributed by atoms with Crippen LogP contribution in [0.3, 0.4) is 0 Å². The maximum Gasteiger partial charge on any atom is 0.322 e. The van der Waals surface area contributed by atoms with Gasteiger partial charge in [0.05, 0.1) is 17.3 Å². The fourth-order valence-corrected chi connectivity index (χ4v) is 1.55. The number of hydrogen-bond donors (Lipinski definition) is 1. The Kier molecular flexibility index (Phi) is 3.11. The lowest BCUT2D eigenvalue weighted by Gasteiger charge is -2.07. The van der Waals surface area contributed by atoms with E-state index >= 15 is 0 Å². The van der Waals surface area contributed by atoms with E-state index in [1.165, 1.54) is 0 Å². The van der Waals surface area contributed by atoms with E-state index in [9.17, 15) is 0 Å². The van der Waals surface area contributed by atoms with Gasteiger partial charge in [-0.25, -0.2) is 9.97 Å². The molecule has 0 fully saturated rings. The highest BCUT2D eigenvalue weighted by atomic mass is 16.5. The first kappa shape index (κ1) is 11.9. The molecule has 0 atom stereocenters.